The number of halogens is 2. The van der Waals surface area contributed by atoms with Crippen molar-refractivity contribution in [2.24, 2.45) is 0 Å². The predicted octanol–water partition coefficient (Wildman–Crippen LogP) is 3.73. The highest BCUT2D eigenvalue weighted by atomic mass is 32.2. The third kappa shape index (κ3) is 6.31. The molecule has 0 radical (unpaired) electrons. The van der Waals surface area contributed by atoms with Crippen LogP contribution in [0.15, 0.2) is 48.8 Å². The minimum absolute atomic E-state index is 0.0000861. The second kappa shape index (κ2) is 11.7. The largest absolute Gasteiger partial charge is 0.324 e. The number of benzene rings is 2. The summed E-state index contributed by atoms with van der Waals surface area (Å²) >= 11 is 0. The zero-order valence-corrected chi connectivity index (χ0v) is 24.7. The van der Waals surface area contributed by atoms with Gasteiger partial charge in [0.25, 0.3) is 0 Å². The maximum atomic E-state index is 15.2. The molecule has 0 amide bonds. The molecule has 9 nitrogen and oxygen atoms in total. The Balaban J connectivity index is 1.21. The van der Waals surface area contributed by atoms with Crippen LogP contribution in [-0.4, -0.2) is 95.5 Å². The summed E-state index contributed by atoms with van der Waals surface area (Å²) in [5.74, 6) is -0.977. The molecule has 4 heterocycles. The van der Waals surface area contributed by atoms with E-state index in [4.69, 9.17) is 0 Å². The van der Waals surface area contributed by atoms with Crippen LogP contribution in [0.1, 0.15) is 16.7 Å². The number of fused-ring (bicyclic) bond motifs is 1. The van der Waals surface area contributed by atoms with Gasteiger partial charge in [-0.15, -0.1) is 0 Å². The van der Waals surface area contributed by atoms with Crippen LogP contribution in [0.5, 0.6) is 0 Å². The maximum absolute atomic E-state index is 15.2. The van der Waals surface area contributed by atoms with Gasteiger partial charge in [0.05, 0.1) is 17.2 Å². The predicted molar refractivity (Wildman–Crippen MR) is 160 cm³/mol. The van der Waals surface area contributed by atoms with Gasteiger partial charge >= 0.3 is 0 Å². The van der Waals surface area contributed by atoms with Crippen molar-refractivity contribution in [1.82, 2.24) is 29.2 Å². The van der Waals surface area contributed by atoms with E-state index in [2.05, 4.69) is 51.2 Å². The van der Waals surface area contributed by atoms with Gasteiger partial charge in [-0.05, 0) is 55.4 Å². The molecule has 0 bridgehead atoms. The first-order valence-corrected chi connectivity index (χ1v) is 16.0. The molecule has 0 saturated carbocycles. The second-order valence-electron chi connectivity index (χ2n) is 11.3. The van der Waals surface area contributed by atoms with Gasteiger partial charge in [-0.2, -0.15) is 4.98 Å². The Morgan fingerprint density at radius 1 is 0.905 bits per heavy atom. The van der Waals surface area contributed by atoms with Crippen LogP contribution in [0.3, 0.4) is 0 Å². The summed E-state index contributed by atoms with van der Waals surface area (Å²) in [6.07, 6.45) is 3.40. The summed E-state index contributed by atoms with van der Waals surface area (Å²) in [5, 5.41) is 4.04. The van der Waals surface area contributed by atoms with E-state index >= 15 is 8.78 Å². The molecule has 42 heavy (non-hydrogen) atoms. The lowest BCUT2D eigenvalue weighted by atomic mass is 10.1. The minimum Gasteiger partial charge on any atom is -0.324 e. The second-order valence-corrected chi connectivity index (χ2v) is 13.6. The number of nitrogens with zero attached hydrogens (tertiary/aromatic N) is 6. The Bertz CT molecular complexity index is 1680. The lowest BCUT2D eigenvalue weighted by molar-refractivity contribution is 0.148. The smallest absolute Gasteiger partial charge is 0.229 e. The quantitative estimate of drug-likeness (QED) is 0.346. The molecule has 0 spiro atoms. The highest BCUT2D eigenvalue weighted by Crippen LogP contribution is 2.26. The molecule has 2 aliphatic heterocycles. The first kappa shape index (κ1) is 28.7. The first-order chi connectivity index (χ1) is 20.1. The van der Waals surface area contributed by atoms with Gasteiger partial charge < -0.3 is 14.8 Å². The van der Waals surface area contributed by atoms with Crippen LogP contribution < -0.4 is 5.32 Å². The fourth-order valence-corrected chi connectivity index (χ4v) is 6.77. The minimum atomic E-state index is -3.07. The number of nitrogens with one attached hydrogen (secondary N) is 1. The zero-order valence-electron chi connectivity index (χ0n) is 23.9. The van der Waals surface area contributed by atoms with Gasteiger partial charge in [0, 0.05) is 81.4 Å². The topological polar surface area (TPSA) is 86.6 Å². The standard InChI is InChI=1S/C30H35F2N7O2S/c1-21-3-4-24(15-23(21)19-37-9-7-36(2)8-10-37)34-30-33-18-22-5-6-39(29(22)35-30)25-16-27(31)26(28(32)17-25)20-38-11-13-42(40,41)14-12-38/h3-6,15-18H,7-14,19-20H2,1-2H3,(H,33,34,35). The number of aromatic nitrogens is 3. The lowest BCUT2D eigenvalue weighted by Crippen LogP contribution is -2.43. The average molecular weight is 596 g/mol. The third-order valence-electron chi connectivity index (χ3n) is 8.25. The molecule has 2 fully saturated rings. The third-order valence-corrected chi connectivity index (χ3v) is 9.85. The molecule has 222 valence electrons. The molecule has 2 aliphatic rings. The normalized spacial score (nSPS) is 18.5. The molecule has 0 atom stereocenters. The summed E-state index contributed by atoms with van der Waals surface area (Å²) in [5.41, 5.74) is 4.09. The summed E-state index contributed by atoms with van der Waals surface area (Å²) < 4.78 is 55.4. The van der Waals surface area contributed by atoms with Gasteiger partial charge in [0.1, 0.15) is 17.3 Å². The molecule has 12 heteroatoms. The molecule has 2 saturated heterocycles. The van der Waals surface area contributed by atoms with E-state index in [1.54, 1.807) is 27.9 Å². The highest BCUT2D eigenvalue weighted by Gasteiger charge is 2.24. The van der Waals surface area contributed by atoms with Crippen LogP contribution in [0.25, 0.3) is 16.7 Å². The number of hydrogen-bond acceptors (Lipinski definition) is 8. The van der Waals surface area contributed by atoms with Gasteiger partial charge in [-0.3, -0.25) is 9.80 Å². The van der Waals surface area contributed by atoms with E-state index < -0.39 is 21.5 Å². The van der Waals surface area contributed by atoms with Gasteiger partial charge in [0.2, 0.25) is 5.95 Å². The Hall–Kier alpha value is -3.45. The molecule has 4 aromatic rings. The number of rotatable bonds is 7. The average Bonchev–Trinajstić information content (AvgIpc) is 3.38. The van der Waals surface area contributed by atoms with Crippen molar-refractivity contribution >= 4 is 32.5 Å². The number of anilines is 2. The van der Waals surface area contributed by atoms with Crippen LogP contribution in [0.4, 0.5) is 20.4 Å². The van der Waals surface area contributed by atoms with E-state index in [1.165, 1.54) is 23.3 Å². The van der Waals surface area contributed by atoms with Crippen LogP contribution in [-0.2, 0) is 22.9 Å². The monoisotopic (exact) mass is 595 g/mol. The number of sulfone groups is 1. The number of likely N-dealkylation sites (N-methyl/N-ethyl adjacent to an activating group) is 1. The van der Waals surface area contributed by atoms with Crippen LogP contribution in [0.2, 0.25) is 0 Å². The lowest BCUT2D eigenvalue weighted by Gasteiger charge is -2.32. The summed E-state index contributed by atoms with van der Waals surface area (Å²) in [7, 11) is -0.925. The molecule has 2 aromatic carbocycles. The van der Waals surface area contributed by atoms with Crippen LogP contribution in [0, 0.1) is 18.6 Å². The SMILES string of the molecule is Cc1ccc(Nc2ncc3ccn(-c4cc(F)c(CN5CCS(=O)(=O)CC5)c(F)c4)c3n2)cc1CN1CCN(C)CC1. The fraction of sp³-hybridized carbons (Fsp3) is 0.400. The molecule has 0 aliphatic carbocycles. The van der Waals surface area contributed by atoms with E-state index in [1.807, 2.05) is 6.07 Å². The molecular formula is C30H35F2N7O2S. The first-order valence-electron chi connectivity index (χ1n) is 14.2. The Kier molecular flexibility index (Phi) is 7.97. The van der Waals surface area contributed by atoms with Crippen molar-refractivity contribution in [3.8, 4) is 5.69 Å². The van der Waals surface area contributed by atoms with E-state index in [0.717, 1.165) is 43.8 Å². The fourth-order valence-electron chi connectivity index (χ4n) is 5.49. The van der Waals surface area contributed by atoms with Crippen molar-refractivity contribution in [2.75, 3.05) is 63.1 Å². The van der Waals surface area contributed by atoms with Gasteiger partial charge in [-0.1, -0.05) is 6.07 Å². The van der Waals surface area contributed by atoms with E-state index in [0.29, 0.717) is 17.3 Å². The van der Waals surface area contributed by atoms with E-state index in [-0.39, 0.29) is 36.7 Å². The number of piperazine rings is 1. The van der Waals surface area contributed by atoms with Crippen molar-refractivity contribution in [1.29, 1.82) is 0 Å². The molecule has 1 N–H and O–H groups in total. The number of hydrogen-bond donors (Lipinski definition) is 1. The molecule has 6 rings (SSSR count). The zero-order chi connectivity index (χ0) is 29.4. The van der Waals surface area contributed by atoms with Gasteiger partial charge in [-0.25, -0.2) is 22.2 Å². The van der Waals surface area contributed by atoms with Crippen LogP contribution >= 0.6 is 0 Å². The van der Waals surface area contributed by atoms with Crippen molar-refractivity contribution in [3.63, 3.8) is 0 Å². The maximum Gasteiger partial charge on any atom is 0.229 e. The van der Waals surface area contributed by atoms with Gasteiger partial charge in [0.15, 0.2) is 9.84 Å². The number of aryl methyl sites for hydroxylation is 1. The molecule has 2 aromatic heterocycles. The highest BCUT2D eigenvalue weighted by molar-refractivity contribution is 7.91. The Morgan fingerprint density at radius 2 is 1.60 bits per heavy atom. The summed E-state index contributed by atoms with van der Waals surface area (Å²) in [6, 6.07) is 10.6. The molecule has 0 unspecified atom stereocenters. The summed E-state index contributed by atoms with van der Waals surface area (Å²) in [6.45, 7) is 7.73. The van der Waals surface area contributed by atoms with Crippen molar-refractivity contribution in [2.45, 2.75) is 20.0 Å². The van der Waals surface area contributed by atoms with Crippen molar-refractivity contribution in [3.05, 3.63) is 77.1 Å². The Morgan fingerprint density at radius 3 is 2.31 bits per heavy atom. The summed E-state index contributed by atoms with van der Waals surface area (Å²) in [4.78, 5) is 15.7. The molecular weight excluding hydrogens is 560 g/mol. The Labute approximate surface area is 244 Å². The van der Waals surface area contributed by atoms with Crippen molar-refractivity contribution < 1.29 is 17.2 Å². The van der Waals surface area contributed by atoms with E-state index in [9.17, 15) is 8.42 Å².